The van der Waals surface area contributed by atoms with Gasteiger partial charge in [-0.25, -0.2) is 4.68 Å². The van der Waals surface area contributed by atoms with E-state index in [4.69, 9.17) is 4.74 Å². The summed E-state index contributed by atoms with van der Waals surface area (Å²) in [6, 6.07) is 12.6. The normalized spacial score (nSPS) is 15.3. The molecule has 2 heterocycles. The van der Waals surface area contributed by atoms with Crippen LogP contribution >= 0.6 is 27.7 Å². The number of amides is 2. The van der Waals surface area contributed by atoms with Gasteiger partial charge in [-0.1, -0.05) is 39.3 Å². The second-order valence-corrected chi connectivity index (χ2v) is 8.21. The van der Waals surface area contributed by atoms with Crippen LogP contribution in [0.15, 0.2) is 58.0 Å². The van der Waals surface area contributed by atoms with Gasteiger partial charge in [-0.05, 0) is 47.7 Å². The SMILES string of the molecule is CN1C(=O)S/C(=C\c2cc(OCc3cn(-c4ccccc4)nn3)c(O)cc2Br)C1=O. The number of hydrogen-bond acceptors (Lipinski definition) is 7. The number of carbonyl (C=O) groups excluding carboxylic acids is 2. The summed E-state index contributed by atoms with van der Waals surface area (Å²) >= 11 is 4.22. The molecular weight excluding hydrogens is 472 g/mol. The molecule has 0 saturated carbocycles. The predicted molar refractivity (Wildman–Crippen MR) is 115 cm³/mol. The van der Waals surface area contributed by atoms with Gasteiger partial charge in [0.25, 0.3) is 11.1 Å². The highest BCUT2D eigenvalue weighted by atomic mass is 79.9. The van der Waals surface area contributed by atoms with E-state index in [9.17, 15) is 14.7 Å². The molecule has 1 aliphatic rings. The van der Waals surface area contributed by atoms with Crippen molar-refractivity contribution in [3.8, 4) is 17.2 Å². The Labute approximate surface area is 184 Å². The van der Waals surface area contributed by atoms with Crippen molar-refractivity contribution >= 4 is 44.9 Å². The fraction of sp³-hybridized carbons (Fsp3) is 0.100. The quantitative estimate of drug-likeness (QED) is 0.544. The van der Waals surface area contributed by atoms with Crippen molar-refractivity contribution in [2.75, 3.05) is 7.05 Å². The first-order chi connectivity index (χ1) is 14.4. The van der Waals surface area contributed by atoms with Gasteiger partial charge in [-0.2, -0.15) is 0 Å². The third kappa shape index (κ3) is 4.10. The maximum atomic E-state index is 12.1. The molecule has 0 radical (unpaired) electrons. The van der Waals surface area contributed by atoms with E-state index < -0.39 is 0 Å². The van der Waals surface area contributed by atoms with Gasteiger partial charge in [0.05, 0.1) is 16.8 Å². The van der Waals surface area contributed by atoms with Gasteiger partial charge in [-0.15, -0.1) is 5.10 Å². The molecule has 1 N–H and O–H groups in total. The highest BCUT2D eigenvalue weighted by Gasteiger charge is 2.32. The van der Waals surface area contributed by atoms with Gasteiger partial charge in [0.15, 0.2) is 11.5 Å². The monoisotopic (exact) mass is 486 g/mol. The average Bonchev–Trinajstić information content (AvgIpc) is 3.31. The van der Waals surface area contributed by atoms with E-state index in [1.165, 1.54) is 13.1 Å². The topological polar surface area (TPSA) is 97.6 Å². The number of ether oxygens (including phenoxy) is 1. The fourth-order valence-electron chi connectivity index (χ4n) is 2.69. The molecule has 10 heteroatoms. The van der Waals surface area contributed by atoms with Crippen LogP contribution in [0.2, 0.25) is 0 Å². The van der Waals surface area contributed by atoms with E-state index in [-0.39, 0.29) is 29.3 Å². The van der Waals surface area contributed by atoms with Crippen molar-refractivity contribution < 1.29 is 19.4 Å². The Morgan fingerprint density at radius 2 is 2.00 bits per heavy atom. The summed E-state index contributed by atoms with van der Waals surface area (Å²) in [5, 5.41) is 18.0. The lowest BCUT2D eigenvalue weighted by atomic mass is 10.2. The second-order valence-electron chi connectivity index (χ2n) is 6.36. The third-order valence-electron chi connectivity index (χ3n) is 4.29. The van der Waals surface area contributed by atoms with Crippen LogP contribution in [0.4, 0.5) is 4.79 Å². The molecule has 8 nitrogen and oxygen atoms in total. The van der Waals surface area contributed by atoms with E-state index in [2.05, 4.69) is 26.2 Å². The average molecular weight is 487 g/mol. The van der Waals surface area contributed by atoms with Crippen molar-refractivity contribution in [3.05, 3.63) is 69.3 Å². The molecule has 4 rings (SSSR count). The number of thioether (sulfide) groups is 1. The molecule has 0 spiro atoms. The zero-order valence-corrected chi connectivity index (χ0v) is 18.1. The zero-order valence-electron chi connectivity index (χ0n) is 15.7. The molecule has 1 aromatic heterocycles. The molecule has 0 bridgehead atoms. The van der Waals surface area contributed by atoms with E-state index in [1.54, 1.807) is 23.0 Å². The van der Waals surface area contributed by atoms with Crippen LogP contribution in [0.25, 0.3) is 11.8 Å². The molecule has 0 unspecified atom stereocenters. The van der Waals surface area contributed by atoms with Gasteiger partial charge in [0, 0.05) is 11.5 Å². The van der Waals surface area contributed by atoms with Crippen molar-refractivity contribution in [2.24, 2.45) is 0 Å². The first kappa shape index (κ1) is 20.2. The summed E-state index contributed by atoms with van der Waals surface area (Å²) < 4.78 is 7.91. The Bertz CT molecular complexity index is 1160. The van der Waals surface area contributed by atoms with E-state index in [1.807, 2.05) is 30.3 Å². The zero-order chi connectivity index (χ0) is 21.3. The number of carbonyl (C=O) groups is 2. The van der Waals surface area contributed by atoms with Gasteiger partial charge >= 0.3 is 0 Å². The number of para-hydroxylation sites is 1. The van der Waals surface area contributed by atoms with Crippen LogP contribution in [-0.4, -0.2) is 43.2 Å². The molecule has 3 aromatic rings. The number of benzene rings is 2. The summed E-state index contributed by atoms with van der Waals surface area (Å²) in [7, 11) is 1.43. The molecular formula is C20H15BrN4O4S. The Balaban J connectivity index is 1.53. The van der Waals surface area contributed by atoms with Crippen LogP contribution in [0.1, 0.15) is 11.3 Å². The number of likely N-dealkylation sites (N-methyl/N-ethyl adjacent to an activating group) is 1. The lowest BCUT2D eigenvalue weighted by Gasteiger charge is -2.09. The highest BCUT2D eigenvalue weighted by molar-refractivity contribution is 9.10. The smallest absolute Gasteiger partial charge is 0.293 e. The molecule has 1 saturated heterocycles. The second kappa shape index (κ2) is 8.33. The lowest BCUT2D eigenvalue weighted by Crippen LogP contribution is -2.22. The van der Waals surface area contributed by atoms with Gasteiger partial charge in [0.2, 0.25) is 0 Å². The van der Waals surface area contributed by atoms with Gasteiger partial charge in [0.1, 0.15) is 12.3 Å². The maximum absolute atomic E-state index is 12.1. The number of phenolic OH excluding ortho intramolecular Hbond substituents is 1. The number of halogens is 1. The minimum absolute atomic E-state index is 0.0712. The Kier molecular flexibility index (Phi) is 5.60. The minimum atomic E-state index is -0.370. The van der Waals surface area contributed by atoms with Crippen molar-refractivity contribution in [1.29, 1.82) is 0 Å². The molecule has 152 valence electrons. The van der Waals surface area contributed by atoms with Crippen LogP contribution in [0.3, 0.4) is 0 Å². The van der Waals surface area contributed by atoms with Crippen LogP contribution < -0.4 is 4.74 Å². The van der Waals surface area contributed by atoms with E-state index in [0.717, 1.165) is 22.3 Å². The number of imide groups is 1. The first-order valence-corrected chi connectivity index (χ1v) is 10.4. The van der Waals surface area contributed by atoms with Gasteiger partial charge in [-0.3, -0.25) is 14.5 Å². The van der Waals surface area contributed by atoms with Gasteiger partial charge < -0.3 is 9.84 Å². The van der Waals surface area contributed by atoms with E-state index in [0.29, 0.717) is 20.6 Å². The Hall–Kier alpha value is -3.11. The number of hydrogen-bond donors (Lipinski definition) is 1. The van der Waals surface area contributed by atoms with Crippen LogP contribution in [-0.2, 0) is 11.4 Å². The van der Waals surface area contributed by atoms with Crippen molar-refractivity contribution in [3.63, 3.8) is 0 Å². The third-order valence-corrected chi connectivity index (χ3v) is 5.94. The molecule has 1 aliphatic heterocycles. The minimum Gasteiger partial charge on any atom is -0.504 e. The number of aromatic nitrogens is 3. The highest BCUT2D eigenvalue weighted by Crippen LogP contribution is 2.37. The largest absolute Gasteiger partial charge is 0.504 e. The maximum Gasteiger partial charge on any atom is 0.293 e. The predicted octanol–water partition coefficient (Wildman–Crippen LogP) is 3.98. The number of rotatable bonds is 5. The lowest BCUT2D eigenvalue weighted by molar-refractivity contribution is -0.121. The van der Waals surface area contributed by atoms with Crippen LogP contribution in [0, 0.1) is 0 Å². The summed E-state index contributed by atoms with van der Waals surface area (Å²) in [6.45, 7) is 0.0902. The summed E-state index contributed by atoms with van der Waals surface area (Å²) in [4.78, 5) is 25.2. The van der Waals surface area contributed by atoms with Crippen molar-refractivity contribution in [2.45, 2.75) is 6.61 Å². The molecule has 30 heavy (non-hydrogen) atoms. The molecule has 2 amide bonds. The number of phenols is 1. The molecule has 0 atom stereocenters. The fourth-order valence-corrected chi connectivity index (χ4v) is 3.96. The summed E-state index contributed by atoms with van der Waals surface area (Å²) in [5.74, 6) is -0.225. The van der Waals surface area contributed by atoms with Crippen molar-refractivity contribution in [1.82, 2.24) is 19.9 Å². The standard InChI is InChI=1S/C20H15BrN4O4S/c1-24-19(27)18(30-20(24)28)8-12-7-17(16(26)9-15(12)21)29-11-13-10-25(23-22-13)14-5-3-2-4-6-14/h2-10,26H,11H2,1H3/b18-8-. The molecule has 1 fully saturated rings. The van der Waals surface area contributed by atoms with Crippen LogP contribution in [0.5, 0.6) is 11.5 Å². The molecule has 2 aromatic carbocycles. The Morgan fingerprint density at radius 1 is 1.23 bits per heavy atom. The van der Waals surface area contributed by atoms with E-state index >= 15 is 0 Å². The summed E-state index contributed by atoms with van der Waals surface area (Å²) in [6.07, 6.45) is 3.32. The number of nitrogens with zero attached hydrogens (tertiary/aromatic N) is 4. The molecule has 0 aliphatic carbocycles. The first-order valence-electron chi connectivity index (χ1n) is 8.76. The Morgan fingerprint density at radius 3 is 2.70 bits per heavy atom. The summed E-state index contributed by atoms with van der Waals surface area (Å²) in [5.41, 5.74) is 2.04. The number of aromatic hydroxyl groups is 1.